The highest BCUT2D eigenvalue weighted by atomic mass is 16.5. The maximum atomic E-state index is 12.3. The van der Waals surface area contributed by atoms with E-state index in [0.717, 1.165) is 25.1 Å². The molecule has 0 unspecified atom stereocenters. The molecule has 126 valence electrons. The molecule has 1 aromatic rings. The first-order valence-electron chi connectivity index (χ1n) is 7.86. The Morgan fingerprint density at radius 1 is 1.17 bits per heavy atom. The van der Waals surface area contributed by atoms with Gasteiger partial charge < -0.3 is 19.1 Å². The van der Waals surface area contributed by atoms with Crippen LogP contribution in [0.1, 0.15) is 25.3 Å². The van der Waals surface area contributed by atoms with Crippen molar-refractivity contribution >= 4 is 12.0 Å². The highest BCUT2D eigenvalue weighted by Gasteiger charge is 2.19. The van der Waals surface area contributed by atoms with Gasteiger partial charge in [0.25, 0.3) is 0 Å². The second-order valence-electron chi connectivity index (χ2n) is 5.79. The van der Waals surface area contributed by atoms with Crippen LogP contribution in [-0.4, -0.2) is 45.2 Å². The van der Waals surface area contributed by atoms with Crippen molar-refractivity contribution in [2.75, 3.05) is 34.4 Å². The van der Waals surface area contributed by atoms with Gasteiger partial charge in [-0.05, 0) is 37.0 Å². The van der Waals surface area contributed by atoms with Gasteiger partial charge in [0.05, 0.1) is 21.3 Å². The average molecular weight is 319 g/mol. The van der Waals surface area contributed by atoms with Gasteiger partial charge in [-0.25, -0.2) is 0 Å². The lowest BCUT2D eigenvalue weighted by Crippen LogP contribution is -2.38. The molecule has 2 rings (SSSR count). The largest absolute Gasteiger partial charge is 0.493 e. The maximum Gasteiger partial charge on any atom is 0.246 e. The van der Waals surface area contributed by atoms with Gasteiger partial charge in [-0.2, -0.15) is 0 Å². The van der Waals surface area contributed by atoms with Gasteiger partial charge in [-0.3, -0.25) is 4.79 Å². The number of rotatable bonds is 5. The summed E-state index contributed by atoms with van der Waals surface area (Å²) >= 11 is 0. The Morgan fingerprint density at radius 3 is 2.52 bits per heavy atom. The standard InChI is InChI=1S/C18H25NO4/c1-13-6-5-11-19(12-13)16(20)10-8-14-7-9-15(21-2)18(23-4)17(14)22-3/h7-10,13H,5-6,11-12H2,1-4H3/b10-8+/t13-/m1/s1. The summed E-state index contributed by atoms with van der Waals surface area (Å²) in [6.45, 7) is 3.84. The van der Waals surface area contributed by atoms with E-state index in [4.69, 9.17) is 14.2 Å². The first kappa shape index (κ1) is 17.2. The lowest BCUT2D eigenvalue weighted by atomic mass is 10.0. The summed E-state index contributed by atoms with van der Waals surface area (Å²) < 4.78 is 16.0. The fourth-order valence-electron chi connectivity index (χ4n) is 2.91. The van der Waals surface area contributed by atoms with E-state index in [0.29, 0.717) is 23.2 Å². The molecule has 1 fully saturated rings. The fourth-order valence-corrected chi connectivity index (χ4v) is 2.91. The maximum absolute atomic E-state index is 12.3. The first-order valence-corrected chi connectivity index (χ1v) is 7.86. The number of hydrogen-bond acceptors (Lipinski definition) is 4. The van der Waals surface area contributed by atoms with Gasteiger partial charge in [0, 0.05) is 24.7 Å². The van der Waals surface area contributed by atoms with E-state index in [1.165, 1.54) is 6.42 Å². The van der Waals surface area contributed by atoms with Crippen LogP contribution in [0.15, 0.2) is 18.2 Å². The number of carbonyl (C=O) groups excluding carboxylic acids is 1. The number of nitrogens with zero attached hydrogens (tertiary/aromatic N) is 1. The summed E-state index contributed by atoms with van der Waals surface area (Å²) in [5, 5.41) is 0. The SMILES string of the molecule is COc1ccc(/C=C/C(=O)N2CCC[C@@H](C)C2)c(OC)c1OC. The molecule has 1 aliphatic heterocycles. The van der Waals surface area contributed by atoms with Gasteiger partial charge in [0.2, 0.25) is 11.7 Å². The molecule has 1 atom stereocenters. The van der Waals surface area contributed by atoms with Crippen molar-refractivity contribution in [2.45, 2.75) is 19.8 Å². The molecule has 1 saturated heterocycles. The number of carbonyl (C=O) groups is 1. The van der Waals surface area contributed by atoms with E-state index in [1.54, 1.807) is 39.5 Å². The number of piperidine rings is 1. The smallest absolute Gasteiger partial charge is 0.246 e. The van der Waals surface area contributed by atoms with Crippen molar-refractivity contribution < 1.29 is 19.0 Å². The Hall–Kier alpha value is -2.17. The summed E-state index contributed by atoms with van der Waals surface area (Å²) in [6.07, 6.45) is 5.63. The third-order valence-corrected chi connectivity index (χ3v) is 4.11. The first-order chi connectivity index (χ1) is 11.1. The molecule has 1 aromatic carbocycles. The molecular weight excluding hydrogens is 294 g/mol. The molecule has 5 heteroatoms. The Morgan fingerprint density at radius 2 is 1.91 bits per heavy atom. The molecule has 1 heterocycles. The molecule has 0 radical (unpaired) electrons. The zero-order valence-corrected chi connectivity index (χ0v) is 14.3. The third kappa shape index (κ3) is 3.97. The molecule has 0 saturated carbocycles. The Labute approximate surface area is 137 Å². The van der Waals surface area contributed by atoms with E-state index in [-0.39, 0.29) is 5.91 Å². The lowest BCUT2D eigenvalue weighted by Gasteiger charge is -2.30. The lowest BCUT2D eigenvalue weighted by molar-refractivity contribution is -0.127. The van der Waals surface area contributed by atoms with E-state index < -0.39 is 0 Å². The van der Waals surface area contributed by atoms with Crippen molar-refractivity contribution in [3.63, 3.8) is 0 Å². The number of amides is 1. The third-order valence-electron chi connectivity index (χ3n) is 4.11. The predicted octanol–water partition coefficient (Wildman–Crippen LogP) is 2.98. The minimum atomic E-state index is 0.0355. The van der Waals surface area contributed by atoms with Crippen molar-refractivity contribution in [2.24, 2.45) is 5.92 Å². The van der Waals surface area contributed by atoms with Crippen LogP contribution >= 0.6 is 0 Å². The summed E-state index contributed by atoms with van der Waals surface area (Å²) in [5.74, 6) is 2.28. The van der Waals surface area contributed by atoms with Crippen LogP contribution in [0.5, 0.6) is 17.2 Å². The predicted molar refractivity (Wildman–Crippen MR) is 90.1 cm³/mol. The van der Waals surface area contributed by atoms with Gasteiger partial charge in [-0.1, -0.05) is 6.92 Å². The number of benzene rings is 1. The molecular formula is C18H25NO4. The highest BCUT2D eigenvalue weighted by Crippen LogP contribution is 2.40. The van der Waals surface area contributed by atoms with Crippen LogP contribution in [0.2, 0.25) is 0 Å². The van der Waals surface area contributed by atoms with Crippen LogP contribution in [0.25, 0.3) is 6.08 Å². The van der Waals surface area contributed by atoms with E-state index in [9.17, 15) is 4.79 Å². The summed E-state index contributed by atoms with van der Waals surface area (Å²) in [4.78, 5) is 14.2. The normalized spacial score (nSPS) is 18.1. The molecule has 1 aliphatic rings. The monoisotopic (exact) mass is 319 g/mol. The number of hydrogen-bond donors (Lipinski definition) is 0. The van der Waals surface area contributed by atoms with Gasteiger partial charge >= 0.3 is 0 Å². The summed E-state index contributed by atoms with van der Waals surface area (Å²) in [7, 11) is 4.71. The van der Waals surface area contributed by atoms with Crippen LogP contribution in [-0.2, 0) is 4.79 Å². The van der Waals surface area contributed by atoms with Crippen LogP contribution in [0.3, 0.4) is 0 Å². The highest BCUT2D eigenvalue weighted by molar-refractivity contribution is 5.92. The minimum Gasteiger partial charge on any atom is -0.493 e. The average Bonchev–Trinajstić information content (AvgIpc) is 2.58. The van der Waals surface area contributed by atoms with Crippen molar-refractivity contribution in [3.05, 3.63) is 23.8 Å². The zero-order valence-electron chi connectivity index (χ0n) is 14.3. The van der Waals surface area contributed by atoms with Gasteiger partial charge in [0.1, 0.15) is 0 Å². The number of likely N-dealkylation sites (tertiary alicyclic amines) is 1. The van der Waals surface area contributed by atoms with Crippen LogP contribution < -0.4 is 14.2 Å². The summed E-state index contributed by atoms with van der Waals surface area (Å²) in [6, 6.07) is 3.65. The van der Waals surface area contributed by atoms with E-state index in [1.807, 2.05) is 11.0 Å². The van der Waals surface area contributed by atoms with Gasteiger partial charge in [-0.15, -0.1) is 0 Å². The zero-order chi connectivity index (χ0) is 16.8. The van der Waals surface area contributed by atoms with Crippen molar-refractivity contribution in [1.82, 2.24) is 4.90 Å². The van der Waals surface area contributed by atoms with Crippen molar-refractivity contribution in [3.8, 4) is 17.2 Å². The Bertz CT molecular complexity index is 583. The molecule has 0 aliphatic carbocycles. The number of ether oxygens (including phenoxy) is 3. The second-order valence-corrected chi connectivity index (χ2v) is 5.79. The van der Waals surface area contributed by atoms with Crippen LogP contribution in [0.4, 0.5) is 0 Å². The molecule has 0 aromatic heterocycles. The minimum absolute atomic E-state index is 0.0355. The fraction of sp³-hybridized carbons (Fsp3) is 0.500. The molecule has 0 N–H and O–H groups in total. The Balaban J connectivity index is 2.20. The quantitative estimate of drug-likeness (QED) is 0.783. The van der Waals surface area contributed by atoms with E-state index in [2.05, 4.69) is 6.92 Å². The number of methoxy groups -OCH3 is 3. The second kappa shape index (κ2) is 7.90. The van der Waals surface area contributed by atoms with Crippen molar-refractivity contribution in [1.29, 1.82) is 0 Å². The van der Waals surface area contributed by atoms with E-state index >= 15 is 0 Å². The molecule has 5 nitrogen and oxygen atoms in total. The van der Waals surface area contributed by atoms with Crippen LogP contribution in [0, 0.1) is 5.92 Å². The Kier molecular flexibility index (Phi) is 5.90. The molecule has 0 spiro atoms. The summed E-state index contributed by atoms with van der Waals surface area (Å²) in [5.41, 5.74) is 0.781. The molecule has 0 bridgehead atoms. The topological polar surface area (TPSA) is 48.0 Å². The molecule has 23 heavy (non-hydrogen) atoms. The molecule has 1 amide bonds. The van der Waals surface area contributed by atoms with Gasteiger partial charge in [0.15, 0.2) is 11.5 Å².